The number of hydrogen-bond donors (Lipinski definition) is 0. The quantitative estimate of drug-likeness (QED) is 0.770. The van der Waals surface area contributed by atoms with Gasteiger partial charge in [0.2, 0.25) is 0 Å². The van der Waals surface area contributed by atoms with Gasteiger partial charge in [-0.15, -0.1) is 11.3 Å². The van der Waals surface area contributed by atoms with Crippen molar-refractivity contribution in [2.45, 2.75) is 38.2 Å². The van der Waals surface area contributed by atoms with Gasteiger partial charge in [0, 0.05) is 11.3 Å². The van der Waals surface area contributed by atoms with Crippen molar-refractivity contribution in [1.29, 1.82) is 0 Å². The third kappa shape index (κ3) is 3.82. The molecule has 1 heterocycles. The van der Waals surface area contributed by atoms with Crippen LogP contribution in [0.25, 0.3) is 0 Å². The molecule has 4 heteroatoms. The molecule has 1 aromatic rings. The van der Waals surface area contributed by atoms with Crippen LogP contribution in [0.3, 0.4) is 0 Å². The Labute approximate surface area is 112 Å². The maximum Gasteiger partial charge on any atom is 0.308 e. The van der Waals surface area contributed by atoms with E-state index in [0.717, 1.165) is 38.7 Å². The predicted octanol–water partition coefficient (Wildman–Crippen LogP) is 3.04. The second-order valence-electron chi connectivity index (χ2n) is 4.70. The summed E-state index contributed by atoms with van der Waals surface area (Å²) in [6.45, 7) is 0.786. The predicted molar refractivity (Wildman–Crippen MR) is 71.7 cm³/mol. The van der Waals surface area contributed by atoms with E-state index in [9.17, 15) is 4.79 Å². The Morgan fingerprint density at radius 3 is 2.78 bits per heavy atom. The van der Waals surface area contributed by atoms with E-state index >= 15 is 0 Å². The third-order valence-corrected chi connectivity index (χ3v) is 4.43. The Morgan fingerprint density at radius 1 is 1.39 bits per heavy atom. The summed E-state index contributed by atoms with van der Waals surface area (Å²) in [6.07, 6.45) is 5.07. The average Bonchev–Trinajstić information content (AvgIpc) is 2.92. The minimum atomic E-state index is -0.0629. The van der Waals surface area contributed by atoms with E-state index in [1.54, 1.807) is 11.3 Å². The molecule has 0 aliphatic heterocycles. The van der Waals surface area contributed by atoms with E-state index in [2.05, 4.69) is 17.5 Å². The van der Waals surface area contributed by atoms with Crippen LogP contribution in [-0.4, -0.2) is 25.8 Å². The van der Waals surface area contributed by atoms with E-state index in [4.69, 9.17) is 9.47 Å². The molecule has 0 spiro atoms. The molecule has 1 fully saturated rings. The average molecular weight is 268 g/mol. The summed E-state index contributed by atoms with van der Waals surface area (Å²) in [5, 5.41) is 2.09. The monoisotopic (exact) mass is 268 g/mol. The number of rotatable bonds is 5. The minimum Gasteiger partial charge on any atom is -0.469 e. The van der Waals surface area contributed by atoms with Crippen molar-refractivity contribution in [3.8, 4) is 0 Å². The largest absolute Gasteiger partial charge is 0.469 e. The molecule has 0 bridgehead atoms. The third-order valence-electron chi connectivity index (χ3n) is 3.49. The lowest BCUT2D eigenvalue weighted by Crippen LogP contribution is -2.27. The second kappa shape index (κ2) is 6.90. The Bertz CT molecular complexity index is 353. The van der Waals surface area contributed by atoms with Crippen LogP contribution in [-0.2, 0) is 20.7 Å². The molecule has 2 rings (SSSR count). The maximum atomic E-state index is 11.4. The number of ether oxygens (including phenoxy) is 2. The number of esters is 1. The first-order valence-corrected chi connectivity index (χ1v) is 7.39. The molecular formula is C14H20O3S. The van der Waals surface area contributed by atoms with Crippen molar-refractivity contribution in [2.24, 2.45) is 5.92 Å². The van der Waals surface area contributed by atoms with Crippen LogP contribution in [0.5, 0.6) is 0 Å². The smallest absolute Gasteiger partial charge is 0.308 e. The Balaban J connectivity index is 1.63. The highest BCUT2D eigenvalue weighted by atomic mass is 32.1. The standard InChI is InChI=1S/C14H20O3S/c1-16-14(15)11-4-6-12(7-5-11)17-9-8-13-3-2-10-18-13/h2-3,10-12H,4-9H2,1H3. The van der Waals surface area contributed by atoms with Gasteiger partial charge in [-0.25, -0.2) is 0 Å². The van der Waals surface area contributed by atoms with E-state index in [1.165, 1.54) is 12.0 Å². The van der Waals surface area contributed by atoms with Crippen LogP contribution in [0.15, 0.2) is 17.5 Å². The molecule has 0 N–H and O–H groups in total. The number of hydrogen-bond acceptors (Lipinski definition) is 4. The Morgan fingerprint density at radius 2 is 2.17 bits per heavy atom. The number of carbonyl (C=O) groups excluding carboxylic acids is 1. The molecular weight excluding hydrogens is 248 g/mol. The van der Waals surface area contributed by atoms with Gasteiger partial charge < -0.3 is 9.47 Å². The molecule has 0 radical (unpaired) electrons. The number of methoxy groups -OCH3 is 1. The highest BCUT2D eigenvalue weighted by Crippen LogP contribution is 2.27. The summed E-state index contributed by atoms with van der Waals surface area (Å²) in [6, 6.07) is 4.21. The van der Waals surface area contributed by atoms with Crippen molar-refractivity contribution >= 4 is 17.3 Å². The van der Waals surface area contributed by atoms with Crippen LogP contribution < -0.4 is 0 Å². The summed E-state index contributed by atoms with van der Waals surface area (Å²) in [5.74, 6) is 0.0270. The van der Waals surface area contributed by atoms with Crippen molar-refractivity contribution < 1.29 is 14.3 Å². The van der Waals surface area contributed by atoms with Gasteiger partial charge in [-0.1, -0.05) is 6.07 Å². The fourth-order valence-electron chi connectivity index (χ4n) is 2.41. The molecule has 1 aromatic heterocycles. The summed E-state index contributed by atoms with van der Waals surface area (Å²) in [5.41, 5.74) is 0. The lowest BCUT2D eigenvalue weighted by atomic mass is 9.87. The molecule has 100 valence electrons. The molecule has 1 aliphatic rings. The fourth-order valence-corrected chi connectivity index (χ4v) is 3.10. The Hall–Kier alpha value is -0.870. The first-order chi connectivity index (χ1) is 8.79. The van der Waals surface area contributed by atoms with Crippen LogP contribution in [0.2, 0.25) is 0 Å². The van der Waals surface area contributed by atoms with Gasteiger partial charge in [-0.2, -0.15) is 0 Å². The molecule has 1 aliphatic carbocycles. The van der Waals surface area contributed by atoms with Gasteiger partial charge in [-0.05, 0) is 37.1 Å². The first-order valence-electron chi connectivity index (χ1n) is 6.51. The van der Waals surface area contributed by atoms with Gasteiger partial charge in [0.15, 0.2) is 0 Å². The molecule has 0 atom stereocenters. The summed E-state index contributed by atoms with van der Waals surface area (Å²) >= 11 is 1.78. The lowest BCUT2D eigenvalue weighted by Gasteiger charge is -2.26. The van der Waals surface area contributed by atoms with Crippen LogP contribution in [0.4, 0.5) is 0 Å². The highest BCUT2D eigenvalue weighted by molar-refractivity contribution is 7.09. The minimum absolute atomic E-state index is 0.0629. The van der Waals surface area contributed by atoms with E-state index < -0.39 is 0 Å². The van der Waals surface area contributed by atoms with Crippen LogP contribution in [0, 0.1) is 5.92 Å². The van der Waals surface area contributed by atoms with E-state index in [-0.39, 0.29) is 11.9 Å². The van der Waals surface area contributed by atoms with Crippen molar-refractivity contribution in [3.63, 3.8) is 0 Å². The molecule has 0 saturated heterocycles. The van der Waals surface area contributed by atoms with Gasteiger partial charge in [0.05, 0.1) is 25.7 Å². The van der Waals surface area contributed by atoms with Crippen molar-refractivity contribution in [3.05, 3.63) is 22.4 Å². The van der Waals surface area contributed by atoms with Gasteiger partial charge in [0.1, 0.15) is 0 Å². The van der Waals surface area contributed by atoms with Gasteiger partial charge >= 0.3 is 5.97 Å². The van der Waals surface area contributed by atoms with E-state index in [1.807, 2.05) is 0 Å². The lowest BCUT2D eigenvalue weighted by molar-refractivity contribution is -0.147. The summed E-state index contributed by atoms with van der Waals surface area (Å²) < 4.78 is 10.6. The SMILES string of the molecule is COC(=O)C1CCC(OCCc2cccs2)CC1. The fraction of sp³-hybridized carbons (Fsp3) is 0.643. The zero-order valence-corrected chi connectivity index (χ0v) is 11.6. The van der Waals surface area contributed by atoms with Gasteiger partial charge in [-0.3, -0.25) is 4.79 Å². The topological polar surface area (TPSA) is 35.5 Å². The molecule has 0 amide bonds. The first kappa shape index (κ1) is 13.6. The zero-order valence-electron chi connectivity index (χ0n) is 10.8. The summed E-state index contributed by atoms with van der Waals surface area (Å²) in [7, 11) is 1.46. The normalized spacial score (nSPS) is 23.8. The van der Waals surface area contributed by atoms with Crippen molar-refractivity contribution in [2.75, 3.05) is 13.7 Å². The Kier molecular flexibility index (Phi) is 5.20. The molecule has 0 aromatic carbocycles. The second-order valence-corrected chi connectivity index (χ2v) is 5.73. The van der Waals surface area contributed by atoms with Crippen LogP contribution in [0.1, 0.15) is 30.6 Å². The highest BCUT2D eigenvalue weighted by Gasteiger charge is 2.27. The number of carbonyl (C=O) groups is 1. The molecule has 0 unspecified atom stereocenters. The zero-order chi connectivity index (χ0) is 12.8. The summed E-state index contributed by atoms with van der Waals surface area (Å²) in [4.78, 5) is 12.8. The molecule has 18 heavy (non-hydrogen) atoms. The maximum absolute atomic E-state index is 11.4. The van der Waals surface area contributed by atoms with Gasteiger partial charge in [0.25, 0.3) is 0 Å². The van der Waals surface area contributed by atoms with E-state index in [0.29, 0.717) is 6.10 Å². The molecule has 3 nitrogen and oxygen atoms in total. The van der Waals surface area contributed by atoms with Crippen LogP contribution >= 0.6 is 11.3 Å². The number of thiophene rings is 1. The van der Waals surface area contributed by atoms with Crippen molar-refractivity contribution in [1.82, 2.24) is 0 Å². The molecule has 1 saturated carbocycles.